The highest BCUT2D eigenvalue weighted by molar-refractivity contribution is 7.95. The zero-order chi connectivity index (χ0) is 19.3. The highest BCUT2D eigenvalue weighted by Gasteiger charge is 2.20. The summed E-state index contributed by atoms with van der Waals surface area (Å²) < 4.78 is 27.6. The van der Waals surface area contributed by atoms with E-state index in [1.807, 2.05) is 61.5 Å². The number of halogens is 1. The molecule has 0 saturated heterocycles. The number of rotatable bonds is 6. The van der Waals surface area contributed by atoms with Gasteiger partial charge in [0.2, 0.25) is 0 Å². The average molecular weight is 398 g/mol. The van der Waals surface area contributed by atoms with Crippen molar-refractivity contribution in [2.45, 2.75) is 13.5 Å². The molecule has 0 spiro atoms. The Kier molecular flexibility index (Phi) is 5.99. The molecule has 0 aliphatic carbocycles. The highest BCUT2D eigenvalue weighted by Crippen LogP contribution is 2.25. The summed E-state index contributed by atoms with van der Waals surface area (Å²) in [6.45, 7) is 2.20. The average Bonchev–Trinajstić information content (AvgIpc) is 2.65. The third-order valence-corrected chi connectivity index (χ3v) is 5.72. The van der Waals surface area contributed by atoms with Gasteiger partial charge in [-0.05, 0) is 42.3 Å². The van der Waals surface area contributed by atoms with E-state index in [4.69, 9.17) is 11.6 Å². The van der Waals surface area contributed by atoms with Gasteiger partial charge in [-0.3, -0.25) is 4.31 Å². The van der Waals surface area contributed by atoms with Gasteiger partial charge in [-0.25, -0.2) is 8.42 Å². The second-order valence-corrected chi connectivity index (χ2v) is 8.41. The smallest absolute Gasteiger partial charge is 0.257 e. The maximum atomic E-state index is 13.1. The van der Waals surface area contributed by atoms with Gasteiger partial charge in [0.25, 0.3) is 10.0 Å². The molecule has 3 aromatic rings. The van der Waals surface area contributed by atoms with Gasteiger partial charge in [0.05, 0.1) is 17.6 Å². The van der Waals surface area contributed by atoms with Gasteiger partial charge in [0.15, 0.2) is 0 Å². The van der Waals surface area contributed by atoms with E-state index in [1.165, 1.54) is 9.71 Å². The molecule has 27 heavy (non-hydrogen) atoms. The Hall–Kier alpha value is -2.56. The SMILES string of the molecule is Cc1cccc(/C=C/S(=O)(=O)N(Cc2ccccc2)c2cccc(Cl)c2)c1. The minimum Gasteiger partial charge on any atom is -0.262 e. The van der Waals surface area contributed by atoms with E-state index in [0.29, 0.717) is 10.7 Å². The maximum Gasteiger partial charge on any atom is 0.257 e. The van der Waals surface area contributed by atoms with Crippen molar-refractivity contribution in [3.05, 3.63) is 106 Å². The molecule has 0 atom stereocenters. The first-order chi connectivity index (χ1) is 12.9. The predicted molar refractivity (Wildman–Crippen MR) is 113 cm³/mol. The van der Waals surface area contributed by atoms with E-state index >= 15 is 0 Å². The summed E-state index contributed by atoms with van der Waals surface area (Å²) in [7, 11) is -3.71. The van der Waals surface area contributed by atoms with Crippen LogP contribution in [0.4, 0.5) is 5.69 Å². The van der Waals surface area contributed by atoms with Crippen molar-refractivity contribution in [2.75, 3.05) is 4.31 Å². The molecule has 5 heteroatoms. The molecule has 0 unspecified atom stereocenters. The largest absolute Gasteiger partial charge is 0.262 e. The molecule has 3 nitrogen and oxygen atoms in total. The van der Waals surface area contributed by atoms with Gasteiger partial charge >= 0.3 is 0 Å². The second-order valence-electron chi connectivity index (χ2n) is 6.23. The first-order valence-corrected chi connectivity index (χ1v) is 10.4. The van der Waals surface area contributed by atoms with Crippen molar-refractivity contribution in [3.8, 4) is 0 Å². The molecule has 0 aliphatic rings. The van der Waals surface area contributed by atoms with E-state index in [-0.39, 0.29) is 6.54 Å². The zero-order valence-corrected chi connectivity index (χ0v) is 16.5. The molecular weight excluding hydrogens is 378 g/mol. The molecule has 3 aromatic carbocycles. The molecule has 0 aliphatic heterocycles. The van der Waals surface area contributed by atoms with Crippen molar-refractivity contribution >= 4 is 33.4 Å². The standard InChI is InChI=1S/C22H20ClNO2S/c1-18-7-5-10-19(15-18)13-14-27(25,26)24(17-20-8-3-2-4-9-20)22-12-6-11-21(23)16-22/h2-16H,17H2,1H3/b14-13+. The van der Waals surface area contributed by atoms with E-state index in [2.05, 4.69) is 0 Å². The van der Waals surface area contributed by atoms with Gasteiger partial charge < -0.3 is 0 Å². The van der Waals surface area contributed by atoms with Crippen LogP contribution in [0, 0.1) is 6.92 Å². The van der Waals surface area contributed by atoms with Crippen LogP contribution in [0.2, 0.25) is 5.02 Å². The Morgan fingerprint density at radius 2 is 1.67 bits per heavy atom. The molecule has 0 aromatic heterocycles. The molecule has 0 saturated carbocycles. The van der Waals surface area contributed by atoms with Crippen molar-refractivity contribution in [1.82, 2.24) is 0 Å². The Bertz CT molecular complexity index is 1050. The summed E-state index contributed by atoms with van der Waals surface area (Å²) in [5, 5.41) is 1.73. The number of hydrogen-bond donors (Lipinski definition) is 0. The fraction of sp³-hybridized carbons (Fsp3) is 0.0909. The van der Waals surface area contributed by atoms with E-state index in [0.717, 1.165) is 16.7 Å². The fourth-order valence-electron chi connectivity index (χ4n) is 2.72. The summed E-state index contributed by atoms with van der Waals surface area (Å²) in [6.07, 6.45) is 1.62. The number of benzene rings is 3. The van der Waals surface area contributed by atoms with Crippen LogP contribution in [0.5, 0.6) is 0 Å². The minimum atomic E-state index is -3.71. The lowest BCUT2D eigenvalue weighted by atomic mass is 10.1. The van der Waals surface area contributed by atoms with Crippen LogP contribution >= 0.6 is 11.6 Å². The number of anilines is 1. The lowest BCUT2D eigenvalue weighted by Crippen LogP contribution is -2.28. The number of hydrogen-bond acceptors (Lipinski definition) is 2. The van der Waals surface area contributed by atoms with Crippen molar-refractivity contribution in [2.24, 2.45) is 0 Å². The fourth-order valence-corrected chi connectivity index (χ4v) is 4.12. The quantitative estimate of drug-likeness (QED) is 0.538. The second kappa shape index (κ2) is 8.42. The summed E-state index contributed by atoms with van der Waals surface area (Å²) >= 11 is 6.09. The summed E-state index contributed by atoms with van der Waals surface area (Å²) in [5.74, 6) is 0. The highest BCUT2D eigenvalue weighted by atomic mass is 35.5. The molecule has 0 bridgehead atoms. The molecule has 0 radical (unpaired) electrons. The number of nitrogens with zero attached hydrogens (tertiary/aromatic N) is 1. The number of aryl methyl sites for hydroxylation is 1. The molecule has 0 N–H and O–H groups in total. The predicted octanol–water partition coefficient (Wildman–Crippen LogP) is 5.66. The van der Waals surface area contributed by atoms with Gasteiger partial charge in [0.1, 0.15) is 0 Å². The van der Waals surface area contributed by atoms with Gasteiger partial charge in [0, 0.05) is 5.02 Å². The van der Waals surface area contributed by atoms with Crippen LogP contribution in [0.25, 0.3) is 6.08 Å². The normalized spacial score (nSPS) is 11.6. The molecule has 0 amide bonds. The molecule has 0 fully saturated rings. The van der Waals surface area contributed by atoms with Crippen LogP contribution in [-0.4, -0.2) is 8.42 Å². The molecule has 3 rings (SSSR count). The van der Waals surface area contributed by atoms with Crippen molar-refractivity contribution in [3.63, 3.8) is 0 Å². The Morgan fingerprint density at radius 1 is 0.926 bits per heavy atom. The Labute approximate surface area is 165 Å². The van der Waals surface area contributed by atoms with Crippen molar-refractivity contribution in [1.29, 1.82) is 0 Å². The first kappa shape index (κ1) is 19.2. The topological polar surface area (TPSA) is 37.4 Å². The van der Waals surface area contributed by atoms with E-state index < -0.39 is 10.0 Å². The van der Waals surface area contributed by atoms with Gasteiger partial charge in [-0.2, -0.15) is 0 Å². The van der Waals surface area contributed by atoms with Crippen LogP contribution in [0.1, 0.15) is 16.7 Å². The van der Waals surface area contributed by atoms with Gasteiger partial charge in [-0.1, -0.05) is 77.8 Å². The summed E-state index contributed by atoms with van der Waals surface area (Å²) in [6, 6.07) is 24.0. The molecule has 0 heterocycles. The van der Waals surface area contributed by atoms with Crippen LogP contribution in [0.3, 0.4) is 0 Å². The lowest BCUT2D eigenvalue weighted by Gasteiger charge is -2.23. The van der Waals surface area contributed by atoms with Crippen LogP contribution in [-0.2, 0) is 16.6 Å². The molecular formula is C22H20ClNO2S. The van der Waals surface area contributed by atoms with Crippen molar-refractivity contribution < 1.29 is 8.42 Å². The van der Waals surface area contributed by atoms with Crippen LogP contribution in [0.15, 0.2) is 84.3 Å². The third kappa shape index (κ3) is 5.22. The van der Waals surface area contributed by atoms with E-state index in [9.17, 15) is 8.42 Å². The zero-order valence-electron chi connectivity index (χ0n) is 14.9. The first-order valence-electron chi connectivity index (χ1n) is 8.51. The number of sulfonamides is 1. The Morgan fingerprint density at radius 3 is 2.37 bits per heavy atom. The minimum absolute atomic E-state index is 0.224. The maximum absolute atomic E-state index is 13.1. The van der Waals surface area contributed by atoms with E-state index in [1.54, 1.807) is 30.3 Å². The van der Waals surface area contributed by atoms with Crippen LogP contribution < -0.4 is 4.31 Å². The third-order valence-electron chi connectivity index (χ3n) is 4.05. The molecule has 138 valence electrons. The van der Waals surface area contributed by atoms with Gasteiger partial charge in [-0.15, -0.1) is 0 Å². The Balaban J connectivity index is 1.97. The lowest BCUT2D eigenvalue weighted by molar-refractivity contribution is 0.599. The monoisotopic (exact) mass is 397 g/mol. The summed E-state index contributed by atoms with van der Waals surface area (Å²) in [5.41, 5.74) is 3.33. The summed E-state index contributed by atoms with van der Waals surface area (Å²) in [4.78, 5) is 0.